The minimum absolute atomic E-state index is 0.164. The molecule has 0 aliphatic heterocycles. The Hall–Kier alpha value is -1.40. The maximum atomic E-state index is 13.7. The molecular weight excluding hydrogens is 331 g/mol. The molecule has 1 aromatic carbocycles. The molecule has 0 saturated carbocycles. The van der Waals surface area contributed by atoms with E-state index in [2.05, 4.69) is 21.2 Å². The summed E-state index contributed by atoms with van der Waals surface area (Å²) >= 11 is 4.97. The van der Waals surface area contributed by atoms with Gasteiger partial charge >= 0.3 is 0 Å². The quantitative estimate of drug-likeness (QED) is 0.890. The summed E-state index contributed by atoms with van der Waals surface area (Å²) in [5.74, 6) is -1.08. The van der Waals surface area contributed by atoms with Crippen molar-refractivity contribution in [3.63, 3.8) is 0 Å². The van der Waals surface area contributed by atoms with Gasteiger partial charge in [-0.3, -0.25) is 4.79 Å². The van der Waals surface area contributed by atoms with Gasteiger partial charge in [0, 0.05) is 23.4 Å². The van der Waals surface area contributed by atoms with Gasteiger partial charge in [0.15, 0.2) is 0 Å². The van der Waals surface area contributed by atoms with E-state index in [-0.39, 0.29) is 5.56 Å². The van der Waals surface area contributed by atoms with Crippen LogP contribution in [0.25, 0.3) is 0 Å². The number of carbonyl (C=O) groups is 1. The Labute approximate surface area is 122 Å². The number of thiophene rings is 1. The molecule has 1 aromatic heterocycles. The largest absolute Gasteiger partial charge is 0.381 e. The summed E-state index contributed by atoms with van der Waals surface area (Å²) in [6.07, 6.45) is 0. The van der Waals surface area contributed by atoms with E-state index in [0.29, 0.717) is 17.8 Å². The second-order valence-corrected chi connectivity index (χ2v) is 6.40. The average molecular weight is 343 g/mol. The van der Waals surface area contributed by atoms with Gasteiger partial charge in [-0.15, -0.1) is 11.3 Å². The minimum Gasteiger partial charge on any atom is -0.381 e. The molecule has 0 atom stereocenters. The zero-order chi connectivity index (χ0) is 14.0. The lowest BCUT2D eigenvalue weighted by atomic mass is 10.1. The molecule has 1 amide bonds. The number of anilines is 1. The Morgan fingerprint density at radius 2 is 2.21 bits per heavy atom. The number of benzene rings is 1. The van der Waals surface area contributed by atoms with Crippen LogP contribution in [0.15, 0.2) is 27.4 Å². The molecule has 2 rings (SSSR count). The molecule has 0 aliphatic rings. The first-order valence-electron chi connectivity index (χ1n) is 5.54. The molecule has 100 valence electrons. The van der Waals surface area contributed by atoms with Crippen LogP contribution in [0.4, 0.5) is 10.1 Å². The van der Waals surface area contributed by atoms with E-state index in [1.165, 1.54) is 0 Å². The lowest BCUT2D eigenvalue weighted by Gasteiger charge is -2.11. The standard InChI is InChI=1S/C13H12BrFN2OS/c1-7-10(15)3-9(13(16)18)4-11(7)17-5-8-2-12(14)19-6-8/h2-4,6,17H,5H2,1H3,(H2,16,18). The number of carbonyl (C=O) groups excluding carboxylic acids is 1. The summed E-state index contributed by atoms with van der Waals surface area (Å²) in [5, 5.41) is 5.12. The Morgan fingerprint density at radius 1 is 1.47 bits per heavy atom. The first-order chi connectivity index (χ1) is 8.97. The van der Waals surface area contributed by atoms with Gasteiger partial charge < -0.3 is 11.1 Å². The van der Waals surface area contributed by atoms with Gasteiger partial charge in [-0.25, -0.2) is 4.39 Å². The molecule has 2 aromatic rings. The molecule has 0 fully saturated rings. The smallest absolute Gasteiger partial charge is 0.248 e. The summed E-state index contributed by atoms with van der Waals surface area (Å²) in [6.45, 7) is 2.22. The van der Waals surface area contributed by atoms with Crippen molar-refractivity contribution in [2.24, 2.45) is 5.73 Å². The van der Waals surface area contributed by atoms with Crippen molar-refractivity contribution in [1.82, 2.24) is 0 Å². The van der Waals surface area contributed by atoms with Gasteiger partial charge in [0.1, 0.15) is 5.82 Å². The second kappa shape index (κ2) is 5.71. The fraction of sp³-hybridized carbons (Fsp3) is 0.154. The normalized spacial score (nSPS) is 10.5. The highest BCUT2D eigenvalue weighted by Gasteiger charge is 2.10. The van der Waals surface area contributed by atoms with Crippen molar-refractivity contribution in [3.05, 3.63) is 49.9 Å². The fourth-order valence-corrected chi connectivity index (χ4v) is 2.85. The Balaban J connectivity index is 2.21. The van der Waals surface area contributed by atoms with Crippen molar-refractivity contribution in [2.75, 3.05) is 5.32 Å². The second-order valence-electron chi connectivity index (χ2n) is 4.11. The van der Waals surface area contributed by atoms with Gasteiger partial charge in [-0.2, -0.15) is 0 Å². The molecule has 0 aliphatic carbocycles. The van der Waals surface area contributed by atoms with Crippen LogP contribution in [0, 0.1) is 12.7 Å². The van der Waals surface area contributed by atoms with E-state index in [1.54, 1.807) is 24.3 Å². The van der Waals surface area contributed by atoms with Crippen LogP contribution in [0.5, 0.6) is 0 Å². The van der Waals surface area contributed by atoms with E-state index in [1.807, 2.05) is 11.4 Å². The number of hydrogen-bond donors (Lipinski definition) is 2. The van der Waals surface area contributed by atoms with Crippen LogP contribution in [0.3, 0.4) is 0 Å². The SMILES string of the molecule is Cc1c(F)cc(C(N)=O)cc1NCc1csc(Br)c1. The summed E-state index contributed by atoms with van der Waals surface area (Å²) < 4.78 is 14.7. The van der Waals surface area contributed by atoms with Crippen LogP contribution >= 0.6 is 27.3 Å². The maximum Gasteiger partial charge on any atom is 0.248 e. The third-order valence-corrected chi connectivity index (χ3v) is 4.29. The minimum atomic E-state index is -0.639. The lowest BCUT2D eigenvalue weighted by Crippen LogP contribution is -2.13. The molecule has 0 spiro atoms. The first-order valence-corrected chi connectivity index (χ1v) is 7.21. The van der Waals surface area contributed by atoms with Crippen molar-refractivity contribution in [1.29, 1.82) is 0 Å². The van der Waals surface area contributed by atoms with Crippen LogP contribution < -0.4 is 11.1 Å². The fourth-order valence-electron chi connectivity index (χ4n) is 1.64. The predicted molar refractivity (Wildman–Crippen MR) is 79.0 cm³/mol. The third kappa shape index (κ3) is 3.33. The zero-order valence-electron chi connectivity index (χ0n) is 10.2. The van der Waals surface area contributed by atoms with Crippen LogP contribution in [0.2, 0.25) is 0 Å². The molecule has 0 bridgehead atoms. The highest BCUT2D eigenvalue weighted by Crippen LogP contribution is 2.24. The number of halogens is 2. The molecule has 6 heteroatoms. The molecule has 0 radical (unpaired) electrons. The molecule has 1 heterocycles. The lowest BCUT2D eigenvalue weighted by molar-refractivity contribution is 0.1000. The van der Waals surface area contributed by atoms with Gasteiger partial charge in [-0.1, -0.05) is 0 Å². The highest BCUT2D eigenvalue weighted by molar-refractivity contribution is 9.11. The predicted octanol–water partition coefficient (Wildman–Crippen LogP) is 3.67. The van der Waals surface area contributed by atoms with Gasteiger partial charge in [0.25, 0.3) is 0 Å². The molecule has 3 nitrogen and oxygen atoms in total. The number of hydrogen-bond acceptors (Lipinski definition) is 3. The summed E-state index contributed by atoms with van der Waals surface area (Å²) in [6, 6.07) is 4.72. The molecule has 3 N–H and O–H groups in total. The van der Waals surface area contributed by atoms with E-state index in [9.17, 15) is 9.18 Å². The summed E-state index contributed by atoms with van der Waals surface area (Å²) in [4.78, 5) is 11.1. The van der Waals surface area contributed by atoms with E-state index in [0.717, 1.165) is 15.4 Å². The number of primary amides is 1. The average Bonchev–Trinajstić information content (AvgIpc) is 2.76. The van der Waals surface area contributed by atoms with Gasteiger partial charge in [0.05, 0.1) is 3.79 Å². The number of nitrogens with two attached hydrogens (primary N) is 1. The van der Waals surface area contributed by atoms with Crippen LogP contribution in [0.1, 0.15) is 21.5 Å². The molecule has 0 unspecified atom stereocenters. The summed E-state index contributed by atoms with van der Waals surface area (Å²) in [5.41, 5.74) is 7.47. The number of amides is 1. The van der Waals surface area contributed by atoms with Crippen molar-refractivity contribution >= 4 is 38.9 Å². The number of rotatable bonds is 4. The highest BCUT2D eigenvalue weighted by atomic mass is 79.9. The van der Waals surface area contributed by atoms with Crippen molar-refractivity contribution < 1.29 is 9.18 Å². The molecule has 0 saturated heterocycles. The van der Waals surface area contributed by atoms with Crippen LogP contribution in [-0.2, 0) is 6.54 Å². The maximum absolute atomic E-state index is 13.7. The third-order valence-electron chi connectivity index (χ3n) is 2.73. The van der Waals surface area contributed by atoms with Crippen molar-refractivity contribution in [3.8, 4) is 0 Å². The number of nitrogens with one attached hydrogen (secondary N) is 1. The topological polar surface area (TPSA) is 55.1 Å². The van der Waals surface area contributed by atoms with Crippen molar-refractivity contribution in [2.45, 2.75) is 13.5 Å². The first kappa shape index (κ1) is 14.0. The van der Waals surface area contributed by atoms with E-state index in [4.69, 9.17) is 5.73 Å². The zero-order valence-corrected chi connectivity index (χ0v) is 12.6. The van der Waals surface area contributed by atoms with Gasteiger partial charge in [-0.05, 0) is 52.0 Å². The summed E-state index contributed by atoms with van der Waals surface area (Å²) in [7, 11) is 0. The monoisotopic (exact) mass is 342 g/mol. The van der Waals surface area contributed by atoms with E-state index >= 15 is 0 Å². The van der Waals surface area contributed by atoms with Crippen LogP contribution in [-0.4, -0.2) is 5.91 Å². The Kier molecular flexibility index (Phi) is 4.21. The van der Waals surface area contributed by atoms with E-state index < -0.39 is 11.7 Å². The molecular formula is C13H12BrFN2OS. The van der Waals surface area contributed by atoms with Gasteiger partial charge in [0.2, 0.25) is 5.91 Å². The Morgan fingerprint density at radius 3 is 2.79 bits per heavy atom. The molecule has 19 heavy (non-hydrogen) atoms. The Bertz CT molecular complexity index is 627.